The van der Waals surface area contributed by atoms with Gasteiger partial charge in [-0.3, -0.25) is 4.79 Å². The number of carbonyl (C=O) groups excluding carboxylic acids is 1. The van der Waals surface area contributed by atoms with Crippen LogP contribution in [0.5, 0.6) is 0 Å². The van der Waals surface area contributed by atoms with Crippen molar-refractivity contribution in [1.82, 2.24) is 9.88 Å². The Hall–Kier alpha value is -2.14. The SMILES string of the molecule is Cc1oc(CC2CCCCN2C(=O)c2ccccc2C2CC2)nc1C(C)(C)O. The average molecular weight is 383 g/mol. The maximum Gasteiger partial charge on any atom is 0.254 e. The number of hydrogen-bond donors (Lipinski definition) is 1. The molecule has 150 valence electrons. The van der Waals surface area contributed by atoms with Crippen LogP contribution in [0.3, 0.4) is 0 Å². The summed E-state index contributed by atoms with van der Waals surface area (Å²) >= 11 is 0. The van der Waals surface area contributed by atoms with Gasteiger partial charge in [0, 0.05) is 24.6 Å². The zero-order chi connectivity index (χ0) is 19.9. The van der Waals surface area contributed by atoms with Gasteiger partial charge >= 0.3 is 0 Å². The summed E-state index contributed by atoms with van der Waals surface area (Å²) in [5.74, 6) is 1.94. The molecule has 5 nitrogen and oxygen atoms in total. The predicted octanol–water partition coefficient (Wildman–Crippen LogP) is 4.33. The Morgan fingerprint density at radius 3 is 2.68 bits per heavy atom. The van der Waals surface area contributed by atoms with E-state index in [0.29, 0.717) is 29.7 Å². The second-order valence-corrected chi connectivity index (χ2v) is 8.79. The molecule has 0 radical (unpaired) electrons. The van der Waals surface area contributed by atoms with Crippen LogP contribution in [-0.4, -0.2) is 33.5 Å². The van der Waals surface area contributed by atoms with E-state index in [2.05, 4.69) is 11.1 Å². The van der Waals surface area contributed by atoms with Gasteiger partial charge in [0.05, 0.1) is 0 Å². The van der Waals surface area contributed by atoms with Crippen molar-refractivity contribution >= 4 is 5.91 Å². The molecule has 2 fully saturated rings. The van der Waals surface area contributed by atoms with Crippen LogP contribution >= 0.6 is 0 Å². The van der Waals surface area contributed by atoms with Crippen LogP contribution in [0.2, 0.25) is 0 Å². The van der Waals surface area contributed by atoms with Crippen LogP contribution in [0.25, 0.3) is 0 Å². The van der Waals surface area contributed by atoms with Crippen LogP contribution in [0.15, 0.2) is 28.7 Å². The molecule has 0 bridgehead atoms. The number of rotatable bonds is 5. The molecule has 2 aromatic rings. The maximum atomic E-state index is 13.4. The second-order valence-electron chi connectivity index (χ2n) is 8.79. The Kier molecular flexibility index (Phi) is 5.04. The Morgan fingerprint density at radius 2 is 2.00 bits per heavy atom. The molecule has 1 saturated heterocycles. The van der Waals surface area contributed by atoms with Gasteiger partial charge in [0.2, 0.25) is 0 Å². The lowest BCUT2D eigenvalue weighted by atomic mass is 9.96. The number of aryl methyl sites for hydroxylation is 1. The number of likely N-dealkylation sites (tertiary alicyclic amines) is 1. The van der Waals surface area contributed by atoms with Crippen molar-refractivity contribution in [2.45, 2.75) is 76.9 Å². The van der Waals surface area contributed by atoms with E-state index in [9.17, 15) is 9.90 Å². The third kappa shape index (κ3) is 3.86. The van der Waals surface area contributed by atoms with E-state index in [4.69, 9.17) is 4.42 Å². The molecule has 2 heterocycles. The number of nitrogens with zero attached hydrogens (tertiary/aromatic N) is 2. The first kappa shape index (κ1) is 19.2. The zero-order valence-corrected chi connectivity index (χ0v) is 17.1. The number of aromatic nitrogens is 1. The van der Waals surface area contributed by atoms with E-state index in [1.165, 1.54) is 18.4 Å². The summed E-state index contributed by atoms with van der Waals surface area (Å²) in [6.45, 7) is 6.04. The zero-order valence-electron chi connectivity index (χ0n) is 17.1. The van der Waals surface area contributed by atoms with Gasteiger partial charge in [-0.1, -0.05) is 18.2 Å². The summed E-state index contributed by atoms with van der Waals surface area (Å²) in [4.78, 5) is 20.0. The Morgan fingerprint density at radius 1 is 1.25 bits per heavy atom. The molecule has 1 N–H and O–H groups in total. The Balaban J connectivity index is 1.56. The van der Waals surface area contributed by atoms with Crippen LogP contribution < -0.4 is 0 Å². The number of piperidine rings is 1. The minimum absolute atomic E-state index is 0.0845. The van der Waals surface area contributed by atoms with Crippen molar-refractivity contribution in [3.05, 3.63) is 52.7 Å². The van der Waals surface area contributed by atoms with E-state index in [1.54, 1.807) is 13.8 Å². The van der Waals surface area contributed by atoms with Gasteiger partial charge in [-0.2, -0.15) is 0 Å². The molecule has 5 heteroatoms. The summed E-state index contributed by atoms with van der Waals surface area (Å²) < 4.78 is 5.84. The van der Waals surface area contributed by atoms with Crippen molar-refractivity contribution in [1.29, 1.82) is 0 Å². The molecule has 2 aliphatic rings. The number of amides is 1. The van der Waals surface area contributed by atoms with E-state index >= 15 is 0 Å². The minimum atomic E-state index is -1.03. The fourth-order valence-corrected chi connectivity index (χ4v) is 4.38. The maximum absolute atomic E-state index is 13.4. The fraction of sp³-hybridized carbons (Fsp3) is 0.565. The van der Waals surface area contributed by atoms with Gasteiger partial charge in [-0.05, 0) is 70.4 Å². The van der Waals surface area contributed by atoms with Gasteiger partial charge in [0.15, 0.2) is 5.89 Å². The van der Waals surface area contributed by atoms with Crippen molar-refractivity contribution in [3.63, 3.8) is 0 Å². The molecule has 28 heavy (non-hydrogen) atoms. The molecule has 1 unspecified atom stereocenters. The summed E-state index contributed by atoms with van der Waals surface area (Å²) in [7, 11) is 0. The first-order chi connectivity index (χ1) is 13.3. The molecule has 1 aromatic carbocycles. The summed E-state index contributed by atoms with van der Waals surface area (Å²) in [6.07, 6.45) is 6.06. The monoisotopic (exact) mass is 382 g/mol. The van der Waals surface area contributed by atoms with Crippen LogP contribution in [-0.2, 0) is 12.0 Å². The number of hydrogen-bond acceptors (Lipinski definition) is 4. The molecule has 0 spiro atoms. The number of oxazole rings is 1. The lowest BCUT2D eigenvalue weighted by Crippen LogP contribution is -2.45. The Labute approximate surface area is 166 Å². The van der Waals surface area contributed by atoms with Gasteiger partial charge < -0.3 is 14.4 Å². The highest BCUT2D eigenvalue weighted by molar-refractivity contribution is 5.96. The van der Waals surface area contributed by atoms with Crippen molar-refractivity contribution in [2.75, 3.05) is 6.54 Å². The normalized spacial score (nSPS) is 20.4. The molecule has 1 atom stereocenters. The molecule has 1 saturated carbocycles. The third-order valence-electron chi connectivity index (χ3n) is 5.93. The van der Waals surface area contributed by atoms with Gasteiger partial charge in [-0.15, -0.1) is 0 Å². The van der Waals surface area contributed by atoms with Gasteiger partial charge in [-0.25, -0.2) is 4.98 Å². The summed E-state index contributed by atoms with van der Waals surface area (Å²) in [6, 6.07) is 8.17. The predicted molar refractivity (Wildman–Crippen MR) is 107 cm³/mol. The van der Waals surface area contributed by atoms with Crippen molar-refractivity contribution in [3.8, 4) is 0 Å². The highest BCUT2D eigenvalue weighted by atomic mass is 16.4. The number of aliphatic hydroxyl groups is 1. The van der Waals surface area contributed by atoms with Crippen LogP contribution in [0.1, 0.15) is 85.1 Å². The topological polar surface area (TPSA) is 66.6 Å². The minimum Gasteiger partial charge on any atom is -0.446 e. The molecule has 4 rings (SSSR count). The number of carbonyl (C=O) groups is 1. The lowest BCUT2D eigenvalue weighted by molar-refractivity contribution is 0.0602. The molecular weight excluding hydrogens is 352 g/mol. The molecular formula is C23H30N2O3. The van der Waals surface area contributed by atoms with Crippen LogP contribution in [0.4, 0.5) is 0 Å². The Bertz CT molecular complexity index is 861. The largest absolute Gasteiger partial charge is 0.446 e. The highest BCUT2D eigenvalue weighted by Crippen LogP contribution is 2.42. The van der Waals surface area contributed by atoms with Crippen molar-refractivity contribution in [2.24, 2.45) is 0 Å². The standard InChI is InChI=1S/C23H30N2O3/c1-15-21(23(2,3)27)24-20(28-15)14-17-8-6-7-13-25(17)22(26)19-10-5-4-9-18(19)16-11-12-16/h4-5,9-10,16-17,27H,6-8,11-14H2,1-3H3. The summed E-state index contributed by atoms with van der Waals surface area (Å²) in [5, 5.41) is 10.3. The van der Waals surface area contributed by atoms with E-state index < -0.39 is 5.60 Å². The van der Waals surface area contributed by atoms with E-state index in [-0.39, 0.29) is 11.9 Å². The molecule has 1 aromatic heterocycles. The smallest absolute Gasteiger partial charge is 0.254 e. The highest BCUT2D eigenvalue weighted by Gasteiger charge is 2.34. The fourth-order valence-electron chi connectivity index (χ4n) is 4.38. The first-order valence-corrected chi connectivity index (χ1v) is 10.4. The quantitative estimate of drug-likeness (QED) is 0.836. The van der Waals surface area contributed by atoms with E-state index in [1.807, 2.05) is 30.0 Å². The van der Waals surface area contributed by atoms with Gasteiger partial charge in [0.25, 0.3) is 5.91 Å². The summed E-state index contributed by atoms with van der Waals surface area (Å²) in [5.41, 5.74) is 1.61. The lowest BCUT2D eigenvalue weighted by Gasteiger charge is -2.35. The molecule has 1 aliphatic carbocycles. The van der Waals surface area contributed by atoms with E-state index in [0.717, 1.165) is 31.4 Å². The number of benzene rings is 1. The average Bonchev–Trinajstić information content (AvgIpc) is 3.44. The van der Waals surface area contributed by atoms with Crippen molar-refractivity contribution < 1.29 is 14.3 Å². The second kappa shape index (κ2) is 7.36. The van der Waals surface area contributed by atoms with Gasteiger partial charge in [0.1, 0.15) is 17.1 Å². The molecule has 1 aliphatic heterocycles. The molecule has 1 amide bonds. The first-order valence-electron chi connectivity index (χ1n) is 10.4. The third-order valence-corrected chi connectivity index (χ3v) is 5.93. The van der Waals surface area contributed by atoms with Crippen LogP contribution in [0, 0.1) is 6.92 Å².